The van der Waals surface area contributed by atoms with Gasteiger partial charge in [0.15, 0.2) is 17.5 Å². The van der Waals surface area contributed by atoms with Gasteiger partial charge < -0.3 is 25.1 Å². The number of anilines is 1. The van der Waals surface area contributed by atoms with E-state index >= 15 is 0 Å². The summed E-state index contributed by atoms with van der Waals surface area (Å²) in [5.74, 6) is 2.08. The lowest BCUT2D eigenvalue weighted by Gasteiger charge is -2.14. The van der Waals surface area contributed by atoms with Gasteiger partial charge in [0.1, 0.15) is 0 Å². The fourth-order valence-electron chi connectivity index (χ4n) is 2.75. The van der Waals surface area contributed by atoms with E-state index in [9.17, 15) is 0 Å². The predicted molar refractivity (Wildman–Crippen MR) is 122 cm³/mol. The van der Waals surface area contributed by atoms with Crippen molar-refractivity contribution in [3.63, 3.8) is 0 Å². The Balaban J connectivity index is 0.00000261. The molecule has 3 rings (SSSR count). The number of benzene rings is 2. The molecule has 27 heavy (non-hydrogen) atoms. The second-order valence-electron chi connectivity index (χ2n) is 5.73. The highest BCUT2D eigenvalue weighted by Gasteiger charge is 2.07. The number of aliphatic imine (C=N–C) groups is 1. The Labute approximate surface area is 176 Å². The molecule has 3 N–H and O–H groups in total. The fourth-order valence-corrected chi connectivity index (χ4v) is 2.75. The van der Waals surface area contributed by atoms with Gasteiger partial charge in [-0.05, 0) is 36.6 Å². The molecule has 2 aromatic carbocycles. The van der Waals surface area contributed by atoms with Gasteiger partial charge in [0.25, 0.3) is 0 Å². The van der Waals surface area contributed by atoms with Gasteiger partial charge in [-0.3, -0.25) is 4.99 Å². The number of hydrogen-bond acceptors (Lipinski definition) is 3. The molecular weight excluding hydrogens is 455 g/mol. The minimum Gasteiger partial charge on any atom is -0.493 e. The van der Waals surface area contributed by atoms with Crippen molar-refractivity contribution >= 4 is 46.5 Å². The molecule has 0 bridgehead atoms. The molecule has 0 atom stereocenters. The first-order valence-corrected chi connectivity index (χ1v) is 8.58. The second kappa shape index (κ2) is 10.1. The fraction of sp³-hybridized carbons (Fsp3) is 0.250. The summed E-state index contributed by atoms with van der Waals surface area (Å²) in [5, 5.41) is 7.78. The molecule has 1 aromatic heterocycles. The van der Waals surface area contributed by atoms with Gasteiger partial charge in [-0.15, -0.1) is 24.0 Å². The molecule has 0 aliphatic carbocycles. The number of rotatable bonds is 6. The zero-order valence-corrected chi connectivity index (χ0v) is 18.0. The molecule has 7 heteroatoms. The second-order valence-corrected chi connectivity index (χ2v) is 5.73. The number of halogens is 1. The van der Waals surface area contributed by atoms with Crippen molar-refractivity contribution in [2.24, 2.45) is 4.99 Å². The first-order chi connectivity index (χ1) is 12.7. The topological polar surface area (TPSA) is 70.7 Å². The van der Waals surface area contributed by atoms with Crippen LogP contribution in [0.3, 0.4) is 0 Å². The normalized spacial score (nSPS) is 11.0. The molecule has 6 nitrogen and oxygen atoms in total. The number of para-hydroxylation sites is 1. The van der Waals surface area contributed by atoms with E-state index in [1.807, 2.05) is 37.3 Å². The number of fused-ring (bicyclic) bond motifs is 1. The van der Waals surface area contributed by atoms with Crippen LogP contribution in [-0.2, 0) is 6.54 Å². The van der Waals surface area contributed by atoms with Crippen LogP contribution in [0.1, 0.15) is 12.6 Å². The lowest BCUT2D eigenvalue weighted by molar-refractivity contribution is 0.311. The van der Waals surface area contributed by atoms with Crippen molar-refractivity contribution < 1.29 is 9.47 Å². The van der Waals surface area contributed by atoms with Crippen LogP contribution < -0.4 is 20.1 Å². The monoisotopic (exact) mass is 480 g/mol. The Morgan fingerprint density at radius 2 is 1.93 bits per heavy atom. The third-order valence-electron chi connectivity index (χ3n) is 3.98. The maximum Gasteiger partial charge on any atom is 0.195 e. The molecular formula is C20H25IN4O2. The van der Waals surface area contributed by atoms with Crippen LogP contribution in [0.25, 0.3) is 10.9 Å². The molecule has 0 amide bonds. The SMILES string of the molecule is CCOc1cc(NC(=NC)NCc2cc3ccccc3[nH]2)ccc1OC.I. The van der Waals surface area contributed by atoms with Crippen LogP contribution in [0.5, 0.6) is 11.5 Å². The van der Waals surface area contributed by atoms with E-state index in [-0.39, 0.29) is 24.0 Å². The van der Waals surface area contributed by atoms with Crippen molar-refractivity contribution in [3.05, 3.63) is 54.2 Å². The third kappa shape index (κ3) is 5.29. The highest BCUT2D eigenvalue weighted by atomic mass is 127. The zero-order valence-electron chi connectivity index (χ0n) is 15.7. The van der Waals surface area contributed by atoms with Gasteiger partial charge in [-0.1, -0.05) is 18.2 Å². The number of H-pyrrole nitrogens is 1. The van der Waals surface area contributed by atoms with Gasteiger partial charge in [0, 0.05) is 30.0 Å². The molecule has 0 unspecified atom stereocenters. The van der Waals surface area contributed by atoms with E-state index in [0.29, 0.717) is 30.6 Å². The van der Waals surface area contributed by atoms with E-state index < -0.39 is 0 Å². The van der Waals surface area contributed by atoms with Gasteiger partial charge >= 0.3 is 0 Å². The van der Waals surface area contributed by atoms with E-state index in [4.69, 9.17) is 9.47 Å². The maximum atomic E-state index is 5.62. The lowest BCUT2D eigenvalue weighted by atomic mass is 10.2. The molecule has 0 fully saturated rings. The van der Waals surface area contributed by atoms with Crippen molar-refractivity contribution in [2.45, 2.75) is 13.5 Å². The Morgan fingerprint density at radius 1 is 1.11 bits per heavy atom. The van der Waals surface area contributed by atoms with E-state index in [2.05, 4.69) is 38.8 Å². The van der Waals surface area contributed by atoms with Gasteiger partial charge in [0.2, 0.25) is 0 Å². The Morgan fingerprint density at radius 3 is 2.63 bits per heavy atom. The first kappa shape index (κ1) is 20.9. The summed E-state index contributed by atoms with van der Waals surface area (Å²) in [4.78, 5) is 7.68. The summed E-state index contributed by atoms with van der Waals surface area (Å²) in [5.41, 5.74) is 3.10. The van der Waals surface area contributed by atoms with Crippen molar-refractivity contribution in [1.29, 1.82) is 0 Å². The minimum atomic E-state index is 0. The van der Waals surface area contributed by atoms with Crippen LogP contribution in [0, 0.1) is 0 Å². The molecule has 0 saturated carbocycles. The van der Waals surface area contributed by atoms with Crippen LogP contribution in [-0.4, -0.2) is 31.7 Å². The van der Waals surface area contributed by atoms with Crippen LogP contribution in [0.15, 0.2) is 53.5 Å². The summed E-state index contributed by atoms with van der Waals surface area (Å²) in [6.07, 6.45) is 0. The number of nitrogens with one attached hydrogen (secondary N) is 3. The number of methoxy groups -OCH3 is 1. The van der Waals surface area contributed by atoms with E-state index in [1.165, 1.54) is 5.39 Å². The van der Waals surface area contributed by atoms with Crippen LogP contribution >= 0.6 is 24.0 Å². The number of guanidine groups is 1. The molecule has 144 valence electrons. The molecule has 0 radical (unpaired) electrons. The predicted octanol–water partition coefficient (Wildman–Crippen LogP) is 4.38. The largest absolute Gasteiger partial charge is 0.493 e. The average molecular weight is 480 g/mol. The number of aromatic amines is 1. The molecule has 0 saturated heterocycles. The van der Waals surface area contributed by atoms with Crippen molar-refractivity contribution in [2.75, 3.05) is 26.1 Å². The Bertz CT molecular complexity index is 875. The van der Waals surface area contributed by atoms with Gasteiger partial charge in [0.05, 0.1) is 20.3 Å². The maximum absolute atomic E-state index is 5.62. The van der Waals surface area contributed by atoms with E-state index in [0.717, 1.165) is 16.9 Å². The van der Waals surface area contributed by atoms with Crippen LogP contribution in [0.4, 0.5) is 5.69 Å². The number of aromatic nitrogens is 1. The standard InChI is InChI=1S/C20H24N4O2.HI/c1-4-26-19-12-15(9-10-18(19)25-3)24-20(21-2)22-13-16-11-14-7-5-6-8-17(14)23-16;/h5-12,23H,4,13H2,1-3H3,(H2,21,22,24);1H. The summed E-state index contributed by atoms with van der Waals surface area (Å²) in [7, 11) is 3.37. The van der Waals surface area contributed by atoms with Gasteiger partial charge in [-0.2, -0.15) is 0 Å². The highest BCUT2D eigenvalue weighted by molar-refractivity contribution is 14.0. The number of ether oxygens (including phenoxy) is 2. The summed E-state index contributed by atoms with van der Waals surface area (Å²) in [6.45, 7) is 3.16. The minimum absolute atomic E-state index is 0. The smallest absolute Gasteiger partial charge is 0.195 e. The van der Waals surface area contributed by atoms with Crippen molar-refractivity contribution in [3.8, 4) is 11.5 Å². The van der Waals surface area contributed by atoms with Gasteiger partial charge in [-0.25, -0.2) is 0 Å². The van der Waals surface area contributed by atoms with Crippen LogP contribution in [0.2, 0.25) is 0 Å². The molecule has 0 aliphatic heterocycles. The Hall–Kier alpha value is -2.42. The summed E-state index contributed by atoms with van der Waals surface area (Å²) < 4.78 is 10.9. The quantitative estimate of drug-likeness (QED) is 0.278. The number of hydrogen-bond donors (Lipinski definition) is 3. The lowest BCUT2D eigenvalue weighted by Crippen LogP contribution is -2.30. The highest BCUT2D eigenvalue weighted by Crippen LogP contribution is 2.30. The number of nitrogens with zero attached hydrogens (tertiary/aromatic N) is 1. The third-order valence-corrected chi connectivity index (χ3v) is 3.98. The molecule has 3 aromatic rings. The summed E-state index contributed by atoms with van der Waals surface area (Å²) >= 11 is 0. The summed E-state index contributed by atoms with van der Waals surface area (Å²) in [6, 6.07) is 16.1. The average Bonchev–Trinajstić information content (AvgIpc) is 3.08. The molecule has 1 heterocycles. The van der Waals surface area contributed by atoms with Crippen molar-refractivity contribution in [1.82, 2.24) is 10.3 Å². The molecule has 0 spiro atoms. The zero-order chi connectivity index (χ0) is 18.4. The first-order valence-electron chi connectivity index (χ1n) is 8.58. The molecule has 0 aliphatic rings. The Kier molecular flexibility index (Phi) is 7.78. The van der Waals surface area contributed by atoms with E-state index in [1.54, 1.807) is 14.2 Å².